The van der Waals surface area contributed by atoms with Crippen molar-refractivity contribution in [1.82, 2.24) is 15.5 Å². The lowest BCUT2D eigenvalue weighted by Gasteiger charge is -2.39. The van der Waals surface area contributed by atoms with Crippen LogP contribution in [0.5, 0.6) is 0 Å². The first-order valence-corrected chi connectivity index (χ1v) is 7.56. The van der Waals surface area contributed by atoms with Gasteiger partial charge < -0.3 is 9.84 Å². The Kier molecular flexibility index (Phi) is 4.06. The molecule has 1 aliphatic rings. The third-order valence-electron chi connectivity index (χ3n) is 4.45. The second-order valence-electron chi connectivity index (χ2n) is 5.88. The molecule has 1 aliphatic carbocycles. The molecule has 3 rings (SSSR count). The standard InChI is InChI=1S/C16H16F3N3O2/c1-20-13(23)9-12-21-14(24-22-12)15(7-2-8-15)10-3-5-11(6-4-10)16(17,18)19/h3-6H,2,7-9H2,1H3,(H,20,23). The van der Waals surface area contributed by atoms with Crippen molar-refractivity contribution in [2.75, 3.05) is 7.05 Å². The van der Waals surface area contributed by atoms with Gasteiger partial charge in [-0.25, -0.2) is 0 Å². The maximum atomic E-state index is 12.7. The van der Waals surface area contributed by atoms with Crippen LogP contribution in [0.25, 0.3) is 0 Å². The van der Waals surface area contributed by atoms with Gasteiger partial charge in [-0.3, -0.25) is 4.79 Å². The molecule has 0 atom stereocenters. The van der Waals surface area contributed by atoms with Crippen molar-refractivity contribution in [3.63, 3.8) is 0 Å². The fourth-order valence-electron chi connectivity index (χ4n) is 2.89. The topological polar surface area (TPSA) is 68.0 Å². The molecule has 1 aromatic carbocycles. The summed E-state index contributed by atoms with van der Waals surface area (Å²) < 4.78 is 43.4. The molecule has 1 saturated carbocycles. The zero-order valence-corrected chi connectivity index (χ0v) is 13.0. The molecule has 0 bridgehead atoms. The van der Waals surface area contributed by atoms with Crippen molar-refractivity contribution >= 4 is 5.91 Å². The first kappa shape index (κ1) is 16.5. The number of hydrogen-bond acceptors (Lipinski definition) is 4. The summed E-state index contributed by atoms with van der Waals surface area (Å²) in [6.45, 7) is 0. The molecule has 1 N–H and O–H groups in total. The first-order valence-electron chi connectivity index (χ1n) is 7.56. The Labute approximate surface area is 136 Å². The molecule has 0 unspecified atom stereocenters. The number of carbonyl (C=O) groups is 1. The SMILES string of the molecule is CNC(=O)Cc1noc(C2(c3ccc(C(F)(F)F)cc3)CCC2)n1. The molecule has 0 aliphatic heterocycles. The van der Waals surface area contributed by atoms with Crippen LogP contribution in [0.1, 0.15) is 42.1 Å². The molecule has 2 aromatic rings. The predicted molar refractivity (Wildman–Crippen MR) is 78.1 cm³/mol. The average Bonchev–Trinajstić information content (AvgIpc) is 2.94. The summed E-state index contributed by atoms with van der Waals surface area (Å²) in [5.74, 6) is 0.384. The molecule has 1 aromatic heterocycles. The Balaban J connectivity index is 1.88. The van der Waals surface area contributed by atoms with Crippen molar-refractivity contribution < 1.29 is 22.5 Å². The normalized spacial score (nSPS) is 16.5. The number of carbonyl (C=O) groups excluding carboxylic acids is 1. The second kappa shape index (κ2) is 5.92. The van der Waals surface area contributed by atoms with Gasteiger partial charge in [0.15, 0.2) is 5.82 Å². The molecule has 0 radical (unpaired) electrons. The van der Waals surface area contributed by atoms with E-state index in [1.54, 1.807) is 0 Å². The van der Waals surface area contributed by atoms with Gasteiger partial charge >= 0.3 is 6.18 Å². The fourth-order valence-corrected chi connectivity index (χ4v) is 2.89. The minimum Gasteiger partial charge on any atom is -0.359 e. The van der Waals surface area contributed by atoms with Gasteiger partial charge in [-0.05, 0) is 30.5 Å². The van der Waals surface area contributed by atoms with Gasteiger partial charge in [-0.15, -0.1) is 0 Å². The molecule has 5 nitrogen and oxygen atoms in total. The van der Waals surface area contributed by atoms with E-state index in [-0.39, 0.29) is 18.2 Å². The number of nitrogens with one attached hydrogen (secondary N) is 1. The molecule has 0 saturated heterocycles. The van der Waals surface area contributed by atoms with Crippen LogP contribution in [0.15, 0.2) is 28.8 Å². The summed E-state index contributed by atoms with van der Waals surface area (Å²) in [6.07, 6.45) is -1.99. The van der Waals surface area contributed by atoms with Crippen LogP contribution in [-0.4, -0.2) is 23.1 Å². The Morgan fingerprint density at radius 1 is 1.29 bits per heavy atom. The Hall–Kier alpha value is -2.38. The summed E-state index contributed by atoms with van der Waals surface area (Å²) in [5, 5.41) is 6.28. The Morgan fingerprint density at radius 3 is 2.46 bits per heavy atom. The van der Waals surface area contributed by atoms with Crippen LogP contribution in [-0.2, 0) is 22.8 Å². The highest BCUT2D eigenvalue weighted by Gasteiger charge is 2.45. The molecule has 1 amide bonds. The molecule has 1 heterocycles. The van der Waals surface area contributed by atoms with E-state index in [1.807, 2.05) is 0 Å². The predicted octanol–water partition coefficient (Wildman–Crippen LogP) is 2.85. The summed E-state index contributed by atoms with van der Waals surface area (Å²) in [5.41, 5.74) is -0.526. The second-order valence-corrected chi connectivity index (χ2v) is 5.88. The molecule has 24 heavy (non-hydrogen) atoms. The van der Waals surface area contributed by atoms with Crippen molar-refractivity contribution in [3.8, 4) is 0 Å². The van der Waals surface area contributed by atoms with Crippen LogP contribution >= 0.6 is 0 Å². The minimum absolute atomic E-state index is 0.00307. The van der Waals surface area contributed by atoms with Crippen LogP contribution in [0.3, 0.4) is 0 Å². The highest BCUT2D eigenvalue weighted by molar-refractivity contribution is 5.77. The number of amides is 1. The molecular weight excluding hydrogens is 323 g/mol. The number of nitrogens with zero attached hydrogens (tertiary/aromatic N) is 2. The highest BCUT2D eigenvalue weighted by atomic mass is 19.4. The number of aromatic nitrogens is 2. The lowest BCUT2D eigenvalue weighted by Crippen LogP contribution is -2.36. The number of benzene rings is 1. The fraction of sp³-hybridized carbons (Fsp3) is 0.438. The van der Waals surface area contributed by atoms with Gasteiger partial charge in [0.1, 0.15) is 0 Å². The Morgan fingerprint density at radius 2 is 1.96 bits per heavy atom. The van der Waals surface area contributed by atoms with E-state index >= 15 is 0 Å². The molecule has 8 heteroatoms. The maximum absolute atomic E-state index is 12.7. The molecular formula is C16H16F3N3O2. The maximum Gasteiger partial charge on any atom is 0.416 e. The van der Waals surface area contributed by atoms with Crippen molar-refractivity contribution in [2.24, 2.45) is 0 Å². The first-order chi connectivity index (χ1) is 11.3. The number of likely N-dealkylation sites (N-methyl/N-ethyl adjacent to an activating group) is 1. The van der Waals surface area contributed by atoms with E-state index in [0.29, 0.717) is 5.89 Å². The molecule has 128 valence electrons. The third-order valence-corrected chi connectivity index (χ3v) is 4.45. The van der Waals surface area contributed by atoms with Crippen molar-refractivity contribution in [2.45, 2.75) is 37.3 Å². The van der Waals surface area contributed by atoms with Crippen LogP contribution < -0.4 is 5.32 Å². The average molecular weight is 339 g/mol. The van der Waals surface area contributed by atoms with Gasteiger partial charge in [-0.1, -0.05) is 23.7 Å². The number of hydrogen-bond donors (Lipinski definition) is 1. The smallest absolute Gasteiger partial charge is 0.359 e. The summed E-state index contributed by atoms with van der Waals surface area (Å²) in [6, 6.07) is 5.06. The van der Waals surface area contributed by atoms with Gasteiger partial charge in [0.05, 0.1) is 17.4 Å². The lowest BCUT2D eigenvalue weighted by atomic mass is 9.64. The van der Waals surface area contributed by atoms with Crippen molar-refractivity contribution in [3.05, 3.63) is 47.1 Å². The van der Waals surface area contributed by atoms with Gasteiger partial charge in [0.25, 0.3) is 0 Å². The number of alkyl halides is 3. The zero-order valence-electron chi connectivity index (χ0n) is 13.0. The van der Waals surface area contributed by atoms with E-state index in [2.05, 4.69) is 15.5 Å². The van der Waals surface area contributed by atoms with Crippen molar-refractivity contribution in [1.29, 1.82) is 0 Å². The lowest BCUT2D eigenvalue weighted by molar-refractivity contribution is -0.137. The summed E-state index contributed by atoms with van der Waals surface area (Å²) >= 11 is 0. The molecule has 0 spiro atoms. The Bertz CT molecular complexity index is 734. The van der Waals surface area contributed by atoms with Crippen LogP contribution in [0.2, 0.25) is 0 Å². The van der Waals surface area contributed by atoms with Gasteiger partial charge in [0.2, 0.25) is 11.8 Å². The van der Waals surface area contributed by atoms with Crippen LogP contribution in [0, 0.1) is 0 Å². The third kappa shape index (κ3) is 2.88. The highest BCUT2D eigenvalue weighted by Crippen LogP contribution is 2.48. The van der Waals surface area contributed by atoms with E-state index in [9.17, 15) is 18.0 Å². The van der Waals surface area contributed by atoms with E-state index in [4.69, 9.17) is 4.52 Å². The molecule has 1 fully saturated rings. The van der Waals surface area contributed by atoms with Gasteiger partial charge in [-0.2, -0.15) is 18.2 Å². The van der Waals surface area contributed by atoms with E-state index < -0.39 is 17.2 Å². The van der Waals surface area contributed by atoms with Crippen LogP contribution in [0.4, 0.5) is 13.2 Å². The summed E-state index contributed by atoms with van der Waals surface area (Å²) in [4.78, 5) is 15.7. The van der Waals surface area contributed by atoms with Gasteiger partial charge in [0, 0.05) is 7.05 Å². The largest absolute Gasteiger partial charge is 0.416 e. The monoisotopic (exact) mass is 339 g/mol. The minimum atomic E-state index is -4.36. The number of halogens is 3. The summed E-state index contributed by atoms with van der Waals surface area (Å²) in [7, 11) is 1.51. The quantitative estimate of drug-likeness (QED) is 0.930. The number of rotatable bonds is 4. The van der Waals surface area contributed by atoms with E-state index in [1.165, 1.54) is 19.2 Å². The zero-order chi connectivity index (χ0) is 17.4. The van der Waals surface area contributed by atoms with E-state index in [0.717, 1.165) is 37.0 Å².